The summed E-state index contributed by atoms with van der Waals surface area (Å²) in [4.78, 5) is 37.1. The molecule has 9 heteroatoms. The van der Waals surface area contributed by atoms with Gasteiger partial charge in [-0.25, -0.2) is 13.1 Å². The lowest BCUT2D eigenvalue weighted by molar-refractivity contribution is -0.119. The smallest absolute Gasteiger partial charge is 0.258 e. The SMILES string of the molecule is O=C1NC(=O)c2cc(S(=O)(=O)NCc3cccc(N4CCCCC4=O)c3)ccc21. The van der Waals surface area contributed by atoms with Gasteiger partial charge in [0.15, 0.2) is 0 Å². The van der Waals surface area contributed by atoms with Gasteiger partial charge in [-0.1, -0.05) is 12.1 Å². The molecule has 2 N–H and O–H groups in total. The van der Waals surface area contributed by atoms with Crippen LogP contribution in [-0.4, -0.2) is 32.7 Å². The number of hydrogen-bond donors (Lipinski definition) is 2. The lowest BCUT2D eigenvalue weighted by Gasteiger charge is -2.27. The Morgan fingerprint density at radius 3 is 2.55 bits per heavy atom. The quantitative estimate of drug-likeness (QED) is 0.723. The number of hydrogen-bond acceptors (Lipinski definition) is 5. The minimum atomic E-state index is -3.89. The highest BCUT2D eigenvalue weighted by Gasteiger charge is 2.28. The molecular weight excluding hydrogens is 394 g/mol. The first kappa shape index (κ1) is 19.3. The van der Waals surface area contributed by atoms with E-state index in [1.165, 1.54) is 18.2 Å². The number of amides is 3. The Balaban J connectivity index is 1.51. The summed E-state index contributed by atoms with van der Waals surface area (Å²) in [6, 6.07) is 11.0. The summed E-state index contributed by atoms with van der Waals surface area (Å²) in [5.74, 6) is -1.08. The molecule has 29 heavy (non-hydrogen) atoms. The second-order valence-electron chi connectivity index (χ2n) is 6.99. The minimum absolute atomic E-state index is 0.0282. The Labute approximate surface area is 168 Å². The molecule has 0 aliphatic carbocycles. The number of carbonyl (C=O) groups is 3. The number of sulfonamides is 1. The third-order valence-electron chi connectivity index (χ3n) is 5.03. The van der Waals surface area contributed by atoms with Crippen LogP contribution in [0, 0.1) is 0 Å². The zero-order valence-electron chi connectivity index (χ0n) is 15.5. The largest absolute Gasteiger partial charge is 0.312 e. The molecule has 0 unspecified atom stereocenters. The molecule has 2 aromatic rings. The molecule has 2 heterocycles. The summed E-state index contributed by atoms with van der Waals surface area (Å²) in [5.41, 5.74) is 1.66. The Bertz CT molecular complexity index is 1130. The van der Waals surface area contributed by atoms with Crippen LogP contribution in [0.2, 0.25) is 0 Å². The number of benzene rings is 2. The van der Waals surface area contributed by atoms with E-state index < -0.39 is 21.8 Å². The Morgan fingerprint density at radius 2 is 1.76 bits per heavy atom. The van der Waals surface area contributed by atoms with Crippen LogP contribution in [0.4, 0.5) is 5.69 Å². The first-order valence-electron chi connectivity index (χ1n) is 9.24. The van der Waals surface area contributed by atoms with Crippen LogP contribution < -0.4 is 14.9 Å². The summed E-state index contributed by atoms with van der Waals surface area (Å²) < 4.78 is 27.8. The van der Waals surface area contributed by atoms with E-state index in [9.17, 15) is 22.8 Å². The van der Waals surface area contributed by atoms with E-state index in [0.717, 1.165) is 18.5 Å². The Morgan fingerprint density at radius 1 is 0.966 bits per heavy atom. The van der Waals surface area contributed by atoms with Crippen LogP contribution in [0.25, 0.3) is 0 Å². The molecule has 0 aromatic heterocycles. The topological polar surface area (TPSA) is 113 Å². The van der Waals surface area contributed by atoms with Crippen molar-refractivity contribution < 1.29 is 22.8 Å². The van der Waals surface area contributed by atoms with Crippen molar-refractivity contribution in [2.75, 3.05) is 11.4 Å². The first-order valence-corrected chi connectivity index (χ1v) is 10.7. The number of imide groups is 1. The van der Waals surface area contributed by atoms with Gasteiger partial charge < -0.3 is 4.90 Å². The number of nitrogens with zero attached hydrogens (tertiary/aromatic N) is 1. The predicted octanol–water partition coefficient (Wildman–Crippen LogP) is 1.57. The van der Waals surface area contributed by atoms with Gasteiger partial charge in [-0.05, 0) is 48.7 Å². The molecule has 0 saturated carbocycles. The van der Waals surface area contributed by atoms with Gasteiger partial charge in [0.25, 0.3) is 11.8 Å². The molecule has 4 rings (SSSR count). The van der Waals surface area contributed by atoms with Gasteiger partial charge in [-0.3, -0.25) is 19.7 Å². The van der Waals surface area contributed by atoms with Crippen molar-refractivity contribution in [1.82, 2.24) is 10.0 Å². The summed E-state index contributed by atoms with van der Waals surface area (Å²) >= 11 is 0. The van der Waals surface area contributed by atoms with Gasteiger partial charge in [0.05, 0.1) is 16.0 Å². The van der Waals surface area contributed by atoms with E-state index >= 15 is 0 Å². The van der Waals surface area contributed by atoms with Crippen molar-refractivity contribution in [2.24, 2.45) is 0 Å². The normalized spacial score (nSPS) is 16.7. The van der Waals surface area contributed by atoms with E-state index in [1.54, 1.807) is 23.1 Å². The summed E-state index contributed by atoms with van der Waals surface area (Å²) in [6.45, 7) is 0.685. The maximum atomic E-state index is 12.6. The average Bonchev–Trinajstić information content (AvgIpc) is 3.00. The lowest BCUT2D eigenvalue weighted by Crippen LogP contribution is -2.35. The number of piperidine rings is 1. The molecular formula is C20H19N3O5S. The standard InChI is InChI=1S/C20H19N3O5S/c24-18-6-1-2-9-23(18)14-5-3-4-13(10-14)12-21-29(27,28)15-7-8-16-17(11-15)20(26)22-19(16)25/h3-5,7-8,10-11,21H,1-2,6,9,12H2,(H,22,25,26). The first-order chi connectivity index (χ1) is 13.8. The van der Waals surface area contributed by atoms with E-state index in [1.807, 2.05) is 6.07 Å². The van der Waals surface area contributed by atoms with Crippen molar-refractivity contribution in [3.8, 4) is 0 Å². The van der Waals surface area contributed by atoms with Crippen LogP contribution in [-0.2, 0) is 21.4 Å². The molecule has 1 saturated heterocycles. The van der Waals surface area contributed by atoms with Crippen LogP contribution in [0.3, 0.4) is 0 Å². The number of carbonyl (C=O) groups excluding carboxylic acids is 3. The predicted molar refractivity (Wildman–Crippen MR) is 105 cm³/mol. The fourth-order valence-electron chi connectivity index (χ4n) is 3.49. The number of anilines is 1. The number of nitrogens with one attached hydrogen (secondary N) is 2. The highest BCUT2D eigenvalue weighted by Crippen LogP contribution is 2.23. The van der Waals surface area contributed by atoms with Gasteiger partial charge in [0.1, 0.15) is 0 Å². The highest BCUT2D eigenvalue weighted by atomic mass is 32.2. The molecule has 2 aliphatic heterocycles. The van der Waals surface area contributed by atoms with Crippen molar-refractivity contribution in [3.05, 3.63) is 59.2 Å². The van der Waals surface area contributed by atoms with E-state index in [4.69, 9.17) is 0 Å². The zero-order chi connectivity index (χ0) is 20.6. The van der Waals surface area contributed by atoms with Crippen molar-refractivity contribution in [2.45, 2.75) is 30.7 Å². The molecule has 0 atom stereocenters. The number of fused-ring (bicyclic) bond motifs is 1. The Kier molecular flexibility index (Phi) is 4.93. The lowest BCUT2D eigenvalue weighted by atomic mass is 10.1. The van der Waals surface area contributed by atoms with E-state index in [-0.39, 0.29) is 28.5 Å². The van der Waals surface area contributed by atoms with Gasteiger partial charge in [-0.2, -0.15) is 0 Å². The van der Waals surface area contributed by atoms with Gasteiger partial charge in [0, 0.05) is 25.2 Å². The molecule has 2 aliphatic rings. The maximum absolute atomic E-state index is 12.6. The summed E-state index contributed by atoms with van der Waals surface area (Å²) in [6.07, 6.45) is 2.35. The van der Waals surface area contributed by atoms with Gasteiger partial charge >= 0.3 is 0 Å². The molecule has 1 fully saturated rings. The summed E-state index contributed by atoms with van der Waals surface area (Å²) in [5, 5.41) is 2.13. The molecule has 0 radical (unpaired) electrons. The van der Waals surface area contributed by atoms with Crippen molar-refractivity contribution in [3.63, 3.8) is 0 Å². The van der Waals surface area contributed by atoms with Crippen LogP contribution >= 0.6 is 0 Å². The maximum Gasteiger partial charge on any atom is 0.258 e. The zero-order valence-corrected chi connectivity index (χ0v) is 16.3. The third kappa shape index (κ3) is 3.79. The molecule has 150 valence electrons. The van der Waals surface area contributed by atoms with E-state index in [2.05, 4.69) is 10.0 Å². The van der Waals surface area contributed by atoms with Gasteiger partial charge in [0.2, 0.25) is 15.9 Å². The fraction of sp³-hybridized carbons (Fsp3) is 0.250. The molecule has 2 aromatic carbocycles. The van der Waals surface area contributed by atoms with Crippen LogP contribution in [0.15, 0.2) is 47.4 Å². The van der Waals surface area contributed by atoms with Crippen LogP contribution in [0.1, 0.15) is 45.5 Å². The van der Waals surface area contributed by atoms with Crippen molar-refractivity contribution in [1.29, 1.82) is 0 Å². The molecule has 0 bridgehead atoms. The minimum Gasteiger partial charge on any atom is -0.312 e. The molecule has 0 spiro atoms. The highest BCUT2D eigenvalue weighted by molar-refractivity contribution is 7.89. The average molecular weight is 413 g/mol. The molecule has 8 nitrogen and oxygen atoms in total. The van der Waals surface area contributed by atoms with Crippen LogP contribution in [0.5, 0.6) is 0 Å². The summed E-state index contributed by atoms with van der Waals surface area (Å²) in [7, 11) is -3.89. The monoisotopic (exact) mass is 413 g/mol. The van der Waals surface area contributed by atoms with E-state index in [0.29, 0.717) is 18.5 Å². The van der Waals surface area contributed by atoms with Gasteiger partial charge in [-0.15, -0.1) is 0 Å². The molecule has 3 amide bonds. The number of rotatable bonds is 5. The fourth-order valence-corrected chi connectivity index (χ4v) is 4.53. The Hall–Kier alpha value is -3.04. The second kappa shape index (κ2) is 7.41. The third-order valence-corrected chi connectivity index (χ3v) is 6.43. The second-order valence-corrected chi connectivity index (χ2v) is 8.75. The van der Waals surface area contributed by atoms with Crippen molar-refractivity contribution >= 4 is 33.4 Å².